The van der Waals surface area contributed by atoms with Gasteiger partial charge in [-0.2, -0.15) is 0 Å². The summed E-state index contributed by atoms with van der Waals surface area (Å²) in [4.78, 5) is 69.2. The van der Waals surface area contributed by atoms with Gasteiger partial charge >= 0.3 is 5.97 Å². The molecule has 6 N–H and O–H groups in total. The molecule has 2 aromatic carbocycles. The fourth-order valence-electron chi connectivity index (χ4n) is 7.08. The molecule has 0 saturated heterocycles. The van der Waals surface area contributed by atoms with Crippen LogP contribution >= 0.6 is 11.6 Å². The lowest BCUT2D eigenvalue weighted by molar-refractivity contribution is -0.120. The second-order valence-electron chi connectivity index (χ2n) is 12.9. The van der Waals surface area contributed by atoms with Crippen molar-refractivity contribution < 1.29 is 33.8 Å². The summed E-state index contributed by atoms with van der Waals surface area (Å²) < 4.78 is 5.41. The topological polar surface area (TPSA) is 191 Å². The Morgan fingerprint density at radius 2 is 1.88 bits per heavy atom. The second-order valence-corrected chi connectivity index (χ2v) is 13.5. The van der Waals surface area contributed by atoms with E-state index in [1.807, 2.05) is 0 Å². The monoisotopic (exact) mass is 701 g/mol. The second kappa shape index (κ2) is 13.6. The van der Waals surface area contributed by atoms with Crippen molar-refractivity contribution in [3.05, 3.63) is 81.3 Å². The number of ether oxygens (including phenoxy) is 1. The van der Waals surface area contributed by atoms with Gasteiger partial charge in [-0.1, -0.05) is 25.0 Å². The van der Waals surface area contributed by atoms with Gasteiger partial charge in [-0.05, 0) is 73.1 Å². The number of nitrogens with one attached hydrogen (secondary N) is 5. The zero-order chi connectivity index (χ0) is 35.1. The molecule has 3 atom stereocenters. The van der Waals surface area contributed by atoms with Gasteiger partial charge in [0.05, 0.1) is 28.2 Å². The van der Waals surface area contributed by atoms with Gasteiger partial charge < -0.3 is 31.1 Å². The third-order valence-corrected chi connectivity index (χ3v) is 10.3. The van der Waals surface area contributed by atoms with Crippen LogP contribution in [0, 0.1) is 6.92 Å². The number of benzene rings is 2. The van der Waals surface area contributed by atoms with Crippen LogP contribution in [0.5, 0.6) is 5.75 Å². The highest BCUT2D eigenvalue weighted by Gasteiger charge is 2.38. The molecular formula is C35H36ClN7O7. The molecule has 0 bridgehead atoms. The molecule has 5 aliphatic rings. The predicted molar refractivity (Wildman–Crippen MR) is 182 cm³/mol. The first-order valence-electron chi connectivity index (χ1n) is 16.6. The Morgan fingerprint density at radius 3 is 2.68 bits per heavy atom. The number of hydrogen-bond donors (Lipinski definition) is 6. The number of halogens is 1. The van der Waals surface area contributed by atoms with Crippen LogP contribution in [0.4, 0.5) is 5.69 Å². The Hall–Kier alpha value is -5.21. The number of carbonyl (C=O) groups excluding carboxylic acids is 4. The van der Waals surface area contributed by atoms with Crippen molar-refractivity contribution in [3.63, 3.8) is 0 Å². The highest BCUT2D eigenvalue weighted by molar-refractivity contribution is 6.44. The van der Waals surface area contributed by atoms with Gasteiger partial charge in [-0.3, -0.25) is 24.2 Å². The summed E-state index contributed by atoms with van der Waals surface area (Å²) >= 11 is 6.53. The van der Waals surface area contributed by atoms with Gasteiger partial charge in [0, 0.05) is 25.2 Å². The van der Waals surface area contributed by atoms with Crippen molar-refractivity contribution in [2.75, 3.05) is 18.5 Å². The number of aliphatic imine (C=N–C) groups is 1. The maximum Gasteiger partial charge on any atom is 0.335 e. The van der Waals surface area contributed by atoms with Crippen LogP contribution in [-0.4, -0.2) is 70.0 Å². The molecule has 1 saturated carbocycles. The summed E-state index contributed by atoms with van der Waals surface area (Å²) in [6, 6.07) is 7.84. The number of carbonyl (C=O) groups is 5. The minimum Gasteiger partial charge on any atom is -0.482 e. The van der Waals surface area contributed by atoms with Crippen LogP contribution in [0.2, 0.25) is 0 Å². The molecule has 15 heteroatoms. The average Bonchev–Trinajstić information content (AvgIpc) is 3.72. The SMILES string of the molecule is Cc1c(C(=O)O)ccc2c1CC[C@@H]2NC(=O)C1=CC(C(=O)NCc2ccc3c(c2)NC(=O)CO3)=NC2=C(C(=O)NC3CCCCC3Cl)CNN12. The largest absolute Gasteiger partial charge is 0.482 e. The van der Waals surface area contributed by atoms with Crippen molar-refractivity contribution >= 4 is 52.6 Å². The third kappa shape index (κ3) is 6.43. The number of carboxylic acids is 1. The lowest BCUT2D eigenvalue weighted by Gasteiger charge is -2.28. The van der Waals surface area contributed by atoms with E-state index >= 15 is 0 Å². The number of hydrogen-bond acceptors (Lipinski definition) is 9. The molecular weight excluding hydrogens is 666 g/mol. The Labute approximate surface area is 292 Å². The molecule has 50 heavy (non-hydrogen) atoms. The van der Waals surface area contributed by atoms with Crippen molar-refractivity contribution in [2.24, 2.45) is 4.99 Å². The molecule has 7 rings (SSSR count). The average molecular weight is 702 g/mol. The molecule has 0 aromatic heterocycles. The molecule has 14 nitrogen and oxygen atoms in total. The smallest absolute Gasteiger partial charge is 0.335 e. The first-order chi connectivity index (χ1) is 24.1. The van der Waals surface area contributed by atoms with E-state index in [0.717, 1.165) is 36.8 Å². The van der Waals surface area contributed by atoms with Crippen LogP contribution in [0.15, 0.2) is 58.5 Å². The number of aromatic carboxylic acids is 1. The lowest BCUT2D eigenvalue weighted by atomic mass is 9.94. The van der Waals surface area contributed by atoms with Crippen molar-refractivity contribution in [1.82, 2.24) is 26.4 Å². The Bertz CT molecular complexity index is 1920. The molecule has 3 aliphatic heterocycles. The first kappa shape index (κ1) is 33.3. The first-order valence-corrected chi connectivity index (χ1v) is 17.0. The van der Waals surface area contributed by atoms with Crippen molar-refractivity contribution in [3.8, 4) is 5.75 Å². The summed E-state index contributed by atoms with van der Waals surface area (Å²) in [6.45, 7) is 1.85. The standard InChI is InChI=1S/C35H36ClN7O7/c1-17-19-9-10-24(21(19)8-7-20(17)35(48)49)41-34(47)28-13-27(33(46)37-14-18-6-11-29-26(12-18)39-30(44)16-50-29)40-31-22(15-38-43(28)31)32(45)42-25-5-3-2-4-23(25)36/h6-8,11-13,23-25,38H,2-5,9-10,14-16H2,1H3,(H,37,46)(H,39,44)(H,41,47)(H,42,45)(H,48,49)/t23?,24-,25?/m0/s1. The van der Waals surface area contributed by atoms with Gasteiger partial charge in [0.25, 0.3) is 23.6 Å². The zero-order valence-electron chi connectivity index (χ0n) is 27.2. The number of anilines is 1. The van der Waals surface area contributed by atoms with E-state index in [-0.39, 0.29) is 71.3 Å². The van der Waals surface area contributed by atoms with Crippen LogP contribution in [-0.2, 0) is 32.1 Å². The predicted octanol–water partition coefficient (Wildman–Crippen LogP) is 2.48. The Morgan fingerprint density at radius 1 is 1.06 bits per heavy atom. The number of amides is 4. The number of fused-ring (bicyclic) bond motifs is 3. The van der Waals surface area contributed by atoms with Crippen LogP contribution < -0.4 is 31.4 Å². The van der Waals surface area contributed by atoms with Crippen LogP contribution in [0.25, 0.3) is 0 Å². The summed E-state index contributed by atoms with van der Waals surface area (Å²) in [5.41, 5.74) is 7.13. The molecule has 0 spiro atoms. The molecule has 2 aromatic rings. The van der Waals surface area contributed by atoms with Gasteiger partial charge in [-0.25, -0.2) is 15.2 Å². The van der Waals surface area contributed by atoms with Crippen LogP contribution in [0.1, 0.15) is 70.8 Å². The van der Waals surface area contributed by atoms with Gasteiger partial charge in [0.15, 0.2) is 12.4 Å². The Balaban J connectivity index is 1.15. The molecule has 0 radical (unpaired) electrons. The molecule has 4 amide bonds. The molecule has 2 unspecified atom stereocenters. The Kier molecular flexibility index (Phi) is 9.05. The lowest BCUT2D eigenvalue weighted by Crippen LogP contribution is -2.44. The fraction of sp³-hybridized carbons (Fsp3) is 0.371. The maximum atomic E-state index is 14.0. The number of nitrogens with zero attached hydrogens (tertiary/aromatic N) is 2. The highest BCUT2D eigenvalue weighted by Crippen LogP contribution is 2.36. The number of carboxylic acid groups (broad SMARTS) is 1. The summed E-state index contributed by atoms with van der Waals surface area (Å²) in [5.74, 6) is -2.10. The minimum atomic E-state index is -1.01. The molecule has 260 valence electrons. The number of alkyl halides is 1. The third-order valence-electron chi connectivity index (χ3n) is 9.73. The summed E-state index contributed by atoms with van der Waals surface area (Å²) in [5, 5.41) is 22.4. The van der Waals surface area contributed by atoms with Gasteiger partial charge in [-0.15, -0.1) is 11.6 Å². The van der Waals surface area contributed by atoms with E-state index in [9.17, 15) is 29.1 Å². The highest BCUT2D eigenvalue weighted by atomic mass is 35.5. The van der Waals surface area contributed by atoms with E-state index in [1.165, 1.54) is 11.1 Å². The zero-order valence-corrected chi connectivity index (χ0v) is 28.0. The van der Waals surface area contributed by atoms with E-state index in [0.29, 0.717) is 35.4 Å². The van der Waals surface area contributed by atoms with E-state index in [4.69, 9.17) is 16.3 Å². The summed E-state index contributed by atoms with van der Waals surface area (Å²) in [7, 11) is 0. The maximum absolute atomic E-state index is 14.0. The summed E-state index contributed by atoms with van der Waals surface area (Å²) in [6.07, 6.45) is 6.02. The van der Waals surface area contributed by atoms with Crippen molar-refractivity contribution in [2.45, 2.75) is 69.5 Å². The van der Waals surface area contributed by atoms with E-state index in [2.05, 4.69) is 31.7 Å². The normalized spacial score (nSPS) is 22.2. The molecule has 2 aliphatic carbocycles. The van der Waals surface area contributed by atoms with Crippen LogP contribution in [0.3, 0.4) is 0 Å². The number of hydrazine groups is 1. The van der Waals surface area contributed by atoms with Gasteiger partial charge in [0.2, 0.25) is 0 Å². The van der Waals surface area contributed by atoms with Gasteiger partial charge in [0.1, 0.15) is 17.2 Å². The quantitative estimate of drug-likeness (QED) is 0.225. The number of rotatable bonds is 8. The van der Waals surface area contributed by atoms with Crippen molar-refractivity contribution in [1.29, 1.82) is 0 Å². The van der Waals surface area contributed by atoms with E-state index < -0.39 is 23.8 Å². The van der Waals surface area contributed by atoms with E-state index in [1.54, 1.807) is 37.3 Å². The minimum absolute atomic E-state index is 0.0657. The molecule has 1 fully saturated rings. The fourth-order valence-corrected chi connectivity index (χ4v) is 7.42. The molecule has 3 heterocycles.